The van der Waals surface area contributed by atoms with Gasteiger partial charge in [0.15, 0.2) is 0 Å². The van der Waals surface area contributed by atoms with Crippen LogP contribution in [0, 0.1) is 0 Å². The molecule has 2 fully saturated rings. The van der Waals surface area contributed by atoms with E-state index in [9.17, 15) is 0 Å². The molecule has 0 aliphatic carbocycles. The van der Waals surface area contributed by atoms with E-state index in [1.54, 1.807) is 7.11 Å². The molecule has 0 radical (unpaired) electrons. The van der Waals surface area contributed by atoms with Crippen LogP contribution < -0.4 is 14.8 Å². The molecule has 2 bridgehead atoms. The molecule has 0 saturated carbocycles. The van der Waals surface area contributed by atoms with E-state index in [4.69, 9.17) is 9.47 Å². The summed E-state index contributed by atoms with van der Waals surface area (Å²) in [5, 5.41) is 3.61. The van der Waals surface area contributed by atoms with Crippen molar-refractivity contribution in [1.29, 1.82) is 0 Å². The highest BCUT2D eigenvalue weighted by atomic mass is 16.5. The molecule has 5 nitrogen and oxygen atoms in total. The number of hydrogen-bond donors (Lipinski definition) is 1. The summed E-state index contributed by atoms with van der Waals surface area (Å²) in [6.45, 7) is 0. The zero-order chi connectivity index (χ0) is 15.6. The van der Waals surface area contributed by atoms with Crippen molar-refractivity contribution in [3.8, 4) is 22.9 Å². The van der Waals surface area contributed by atoms with Crippen LogP contribution in [0.4, 0.5) is 0 Å². The Morgan fingerprint density at radius 1 is 0.957 bits per heavy atom. The summed E-state index contributed by atoms with van der Waals surface area (Å²) in [6.07, 6.45) is 8.52. The number of nitrogens with one attached hydrogen (secondary N) is 1. The first kappa shape index (κ1) is 14.5. The maximum atomic E-state index is 5.98. The lowest BCUT2D eigenvalue weighted by Crippen LogP contribution is -2.42. The maximum Gasteiger partial charge on any atom is 0.316 e. The van der Waals surface area contributed by atoms with Crippen molar-refractivity contribution in [1.82, 2.24) is 15.3 Å². The number of piperidine rings is 1. The van der Waals surface area contributed by atoms with Gasteiger partial charge in [-0.15, -0.1) is 0 Å². The Labute approximate surface area is 136 Å². The third-order valence-corrected chi connectivity index (χ3v) is 4.75. The quantitative estimate of drug-likeness (QED) is 0.941. The zero-order valence-electron chi connectivity index (χ0n) is 13.2. The van der Waals surface area contributed by atoms with Crippen LogP contribution in [0.1, 0.15) is 25.7 Å². The van der Waals surface area contributed by atoms with Gasteiger partial charge in [-0.25, -0.2) is 9.97 Å². The summed E-state index contributed by atoms with van der Waals surface area (Å²) in [4.78, 5) is 8.75. The molecule has 2 saturated heterocycles. The molecule has 0 spiro atoms. The van der Waals surface area contributed by atoms with Gasteiger partial charge in [-0.2, -0.15) is 0 Å². The van der Waals surface area contributed by atoms with E-state index >= 15 is 0 Å². The number of benzene rings is 1. The van der Waals surface area contributed by atoms with Gasteiger partial charge < -0.3 is 14.8 Å². The van der Waals surface area contributed by atoms with E-state index in [0.717, 1.165) is 29.7 Å². The van der Waals surface area contributed by atoms with E-state index in [-0.39, 0.29) is 6.10 Å². The first-order valence-electron chi connectivity index (χ1n) is 8.19. The molecule has 0 unspecified atom stereocenters. The summed E-state index contributed by atoms with van der Waals surface area (Å²) >= 11 is 0. The van der Waals surface area contributed by atoms with Gasteiger partial charge in [0.25, 0.3) is 0 Å². The molecule has 4 rings (SSSR count). The van der Waals surface area contributed by atoms with E-state index in [1.165, 1.54) is 12.8 Å². The zero-order valence-corrected chi connectivity index (χ0v) is 13.2. The van der Waals surface area contributed by atoms with Crippen LogP contribution in [0.25, 0.3) is 11.1 Å². The SMILES string of the molecule is COc1ccc(-c2cnc(O[C@@H]3C[C@H]4CC[C@@H](C3)N4)nc2)cc1. The highest BCUT2D eigenvalue weighted by Gasteiger charge is 2.34. The Morgan fingerprint density at radius 3 is 2.22 bits per heavy atom. The Kier molecular flexibility index (Phi) is 3.87. The first-order chi connectivity index (χ1) is 11.3. The molecule has 2 aliphatic rings. The number of nitrogens with zero attached hydrogens (tertiary/aromatic N) is 2. The van der Waals surface area contributed by atoms with Crippen molar-refractivity contribution in [3.63, 3.8) is 0 Å². The second kappa shape index (κ2) is 6.16. The molecule has 0 amide bonds. The minimum absolute atomic E-state index is 0.237. The van der Waals surface area contributed by atoms with Gasteiger partial charge in [0.2, 0.25) is 0 Å². The molecular formula is C18H21N3O2. The van der Waals surface area contributed by atoms with Gasteiger partial charge in [-0.1, -0.05) is 12.1 Å². The van der Waals surface area contributed by atoms with Crippen LogP contribution in [0.3, 0.4) is 0 Å². The van der Waals surface area contributed by atoms with E-state index < -0.39 is 0 Å². The number of rotatable bonds is 4. The topological polar surface area (TPSA) is 56.3 Å². The van der Waals surface area contributed by atoms with Crippen molar-refractivity contribution >= 4 is 0 Å². The van der Waals surface area contributed by atoms with Gasteiger partial charge in [-0.3, -0.25) is 0 Å². The van der Waals surface area contributed by atoms with Crippen molar-refractivity contribution in [2.75, 3.05) is 7.11 Å². The number of hydrogen-bond acceptors (Lipinski definition) is 5. The Bertz CT molecular complexity index is 645. The summed E-state index contributed by atoms with van der Waals surface area (Å²) in [7, 11) is 1.66. The molecule has 3 atom stereocenters. The minimum Gasteiger partial charge on any atom is -0.497 e. The lowest BCUT2D eigenvalue weighted by atomic mass is 10.0. The molecule has 2 aromatic rings. The third-order valence-electron chi connectivity index (χ3n) is 4.75. The fraction of sp³-hybridized carbons (Fsp3) is 0.444. The predicted octanol–water partition coefficient (Wildman–Crippen LogP) is 2.81. The number of fused-ring (bicyclic) bond motifs is 2. The molecule has 23 heavy (non-hydrogen) atoms. The third kappa shape index (κ3) is 3.15. The second-order valence-electron chi connectivity index (χ2n) is 6.33. The molecule has 2 aliphatic heterocycles. The average Bonchev–Trinajstić information content (AvgIpc) is 2.94. The van der Waals surface area contributed by atoms with Gasteiger partial charge >= 0.3 is 6.01 Å². The maximum absolute atomic E-state index is 5.98. The second-order valence-corrected chi connectivity index (χ2v) is 6.33. The fourth-order valence-corrected chi connectivity index (χ4v) is 3.56. The monoisotopic (exact) mass is 311 g/mol. The lowest BCUT2D eigenvalue weighted by Gasteiger charge is -2.28. The molecule has 1 N–H and O–H groups in total. The van der Waals surface area contributed by atoms with Gasteiger partial charge in [0, 0.05) is 30.0 Å². The highest BCUT2D eigenvalue weighted by Crippen LogP contribution is 2.29. The highest BCUT2D eigenvalue weighted by molar-refractivity contribution is 5.62. The van der Waals surface area contributed by atoms with Crippen LogP contribution in [0.15, 0.2) is 36.7 Å². The number of methoxy groups -OCH3 is 1. The molecule has 3 heterocycles. The van der Waals surface area contributed by atoms with Crippen molar-refractivity contribution in [3.05, 3.63) is 36.7 Å². The number of ether oxygens (including phenoxy) is 2. The smallest absolute Gasteiger partial charge is 0.316 e. The van der Waals surface area contributed by atoms with Crippen molar-refractivity contribution in [2.45, 2.75) is 43.9 Å². The minimum atomic E-state index is 0.237. The Morgan fingerprint density at radius 2 is 1.61 bits per heavy atom. The standard InChI is InChI=1S/C18H21N3O2/c1-22-16-6-2-12(3-7-16)13-10-19-18(20-11-13)23-17-8-14-4-5-15(9-17)21-14/h2-3,6-7,10-11,14-15,17,21H,4-5,8-9H2,1H3/t14-,15+,17-. The molecule has 5 heteroatoms. The van der Waals surface area contributed by atoms with Crippen molar-refractivity contribution < 1.29 is 9.47 Å². The molecule has 1 aromatic heterocycles. The van der Waals surface area contributed by atoms with Crippen LogP contribution in [0.2, 0.25) is 0 Å². The predicted molar refractivity (Wildman–Crippen MR) is 87.6 cm³/mol. The van der Waals surface area contributed by atoms with E-state index in [0.29, 0.717) is 18.1 Å². The lowest BCUT2D eigenvalue weighted by molar-refractivity contribution is 0.126. The van der Waals surface area contributed by atoms with Gasteiger partial charge in [0.05, 0.1) is 7.11 Å². The molecule has 1 aromatic carbocycles. The van der Waals surface area contributed by atoms with E-state index in [2.05, 4.69) is 15.3 Å². The summed E-state index contributed by atoms with van der Waals surface area (Å²) in [5.74, 6) is 0.843. The Hall–Kier alpha value is -2.14. The van der Waals surface area contributed by atoms with Crippen LogP contribution in [-0.4, -0.2) is 35.3 Å². The first-order valence-corrected chi connectivity index (χ1v) is 8.19. The normalized spacial score (nSPS) is 26.0. The fourth-order valence-electron chi connectivity index (χ4n) is 3.56. The Balaban J connectivity index is 1.43. The van der Waals surface area contributed by atoms with Crippen LogP contribution in [-0.2, 0) is 0 Å². The number of aromatic nitrogens is 2. The largest absolute Gasteiger partial charge is 0.497 e. The summed E-state index contributed by atoms with van der Waals surface area (Å²) in [6, 6.07) is 9.57. The van der Waals surface area contributed by atoms with Gasteiger partial charge in [-0.05, 0) is 43.4 Å². The van der Waals surface area contributed by atoms with E-state index in [1.807, 2.05) is 36.7 Å². The van der Waals surface area contributed by atoms with Crippen LogP contribution in [0.5, 0.6) is 11.8 Å². The van der Waals surface area contributed by atoms with Crippen molar-refractivity contribution in [2.24, 2.45) is 0 Å². The average molecular weight is 311 g/mol. The summed E-state index contributed by atoms with van der Waals surface area (Å²) in [5.41, 5.74) is 2.04. The molecular weight excluding hydrogens is 290 g/mol. The van der Waals surface area contributed by atoms with Crippen LogP contribution >= 0.6 is 0 Å². The van der Waals surface area contributed by atoms with Gasteiger partial charge in [0.1, 0.15) is 11.9 Å². The molecule has 120 valence electrons. The summed E-state index contributed by atoms with van der Waals surface area (Å²) < 4.78 is 11.2.